The third-order valence-corrected chi connectivity index (χ3v) is 3.67. The Kier molecular flexibility index (Phi) is 5.68. The van der Waals surface area contributed by atoms with Gasteiger partial charge in [-0.25, -0.2) is 4.98 Å². The monoisotopic (exact) mass is 300 g/mol. The molecule has 0 radical (unpaired) electrons. The molecule has 1 aromatic heterocycles. The SMILES string of the molecule is CCC(CC)C(C)Nc1nc(NC)ncc1Br. The van der Waals surface area contributed by atoms with Crippen LogP contribution in [0, 0.1) is 5.92 Å². The van der Waals surface area contributed by atoms with E-state index in [-0.39, 0.29) is 0 Å². The normalized spacial score (nSPS) is 12.6. The third kappa shape index (κ3) is 3.84. The molecule has 1 atom stereocenters. The Morgan fingerprint density at radius 1 is 1.35 bits per heavy atom. The van der Waals surface area contributed by atoms with E-state index in [4.69, 9.17) is 0 Å². The van der Waals surface area contributed by atoms with Crippen molar-refractivity contribution in [1.82, 2.24) is 9.97 Å². The Balaban J connectivity index is 2.79. The number of aromatic nitrogens is 2. The predicted octanol–water partition coefficient (Wildman–Crippen LogP) is 3.52. The molecular formula is C12H21BrN4. The second-order valence-electron chi connectivity index (χ2n) is 4.15. The Labute approximate surface area is 112 Å². The van der Waals surface area contributed by atoms with Crippen molar-refractivity contribution in [2.24, 2.45) is 5.92 Å². The van der Waals surface area contributed by atoms with Crippen LogP contribution in [0.3, 0.4) is 0 Å². The number of nitrogens with zero attached hydrogens (tertiary/aromatic N) is 2. The first-order chi connectivity index (χ1) is 8.12. The molecular weight excluding hydrogens is 280 g/mol. The zero-order chi connectivity index (χ0) is 12.8. The highest BCUT2D eigenvalue weighted by molar-refractivity contribution is 9.10. The van der Waals surface area contributed by atoms with Gasteiger partial charge in [0.15, 0.2) is 0 Å². The Morgan fingerprint density at radius 3 is 2.53 bits per heavy atom. The lowest BCUT2D eigenvalue weighted by Gasteiger charge is -2.23. The molecule has 0 aliphatic carbocycles. The largest absolute Gasteiger partial charge is 0.366 e. The molecule has 0 aromatic carbocycles. The summed E-state index contributed by atoms with van der Waals surface area (Å²) in [6, 6.07) is 0.404. The molecule has 17 heavy (non-hydrogen) atoms. The summed E-state index contributed by atoms with van der Waals surface area (Å²) in [4.78, 5) is 8.54. The highest BCUT2D eigenvalue weighted by atomic mass is 79.9. The highest BCUT2D eigenvalue weighted by Gasteiger charge is 2.15. The first kappa shape index (κ1) is 14.2. The van der Waals surface area contributed by atoms with Gasteiger partial charge >= 0.3 is 0 Å². The quantitative estimate of drug-likeness (QED) is 0.844. The van der Waals surface area contributed by atoms with E-state index >= 15 is 0 Å². The van der Waals surface area contributed by atoms with Gasteiger partial charge < -0.3 is 10.6 Å². The predicted molar refractivity (Wildman–Crippen MR) is 76.4 cm³/mol. The van der Waals surface area contributed by atoms with Crippen molar-refractivity contribution in [2.45, 2.75) is 39.7 Å². The summed E-state index contributed by atoms with van der Waals surface area (Å²) >= 11 is 3.47. The van der Waals surface area contributed by atoms with Crippen molar-refractivity contribution in [3.05, 3.63) is 10.7 Å². The summed E-state index contributed by atoms with van der Waals surface area (Å²) in [5.74, 6) is 2.14. The lowest BCUT2D eigenvalue weighted by atomic mass is 9.95. The van der Waals surface area contributed by atoms with E-state index in [1.54, 1.807) is 6.20 Å². The van der Waals surface area contributed by atoms with Crippen LogP contribution in [0.4, 0.5) is 11.8 Å². The van der Waals surface area contributed by atoms with Crippen LogP contribution in [0.15, 0.2) is 10.7 Å². The minimum Gasteiger partial charge on any atom is -0.366 e. The maximum Gasteiger partial charge on any atom is 0.224 e. The van der Waals surface area contributed by atoms with Crippen molar-refractivity contribution < 1.29 is 0 Å². The number of hydrogen-bond donors (Lipinski definition) is 2. The van der Waals surface area contributed by atoms with Crippen molar-refractivity contribution in [2.75, 3.05) is 17.7 Å². The summed E-state index contributed by atoms with van der Waals surface area (Å²) in [6.45, 7) is 6.64. The lowest BCUT2D eigenvalue weighted by molar-refractivity contribution is 0.437. The lowest BCUT2D eigenvalue weighted by Crippen LogP contribution is -2.25. The molecule has 0 amide bonds. The van der Waals surface area contributed by atoms with Crippen LogP contribution in [0.1, 0.15) is 33.6 Å². The average molecular weight is 301 g/mol. The van der Waals surface area contributed by atoms with Crippen LogP contribution < -0.4 is 10.6 Å². The summed E-state index contributed by atoms with van der Waals surface area (Å²) in [7, 11) is 1.82. The Bertz CT molecular complexity index is 352. The number of anilines is 2. The Hall–Kier alpha value is -0.840. The molecule has 0 aliphatic rings. The van der Waals surface area contributed by atoms with E-state index in [1.807, 2.05) is 7.05 Å². The van der Waals surface area contributed by atoms with Gasteiger partial charge in [-0.2, -0.15) is 4.98 Å². The first-order valence-electron chi connectivity index (χ1n) is 6.09. The maximum atomic E-state index is 4.40. The molecule has 1 aromatic rings. The maximum absolute atomic E-state index is 4.40. The van der Waals surface area contributed by atoms with Crippen LogP contribution in [0.5, 0.6) is 0 Å². The van der Waals surface area contributed by atoms with E-state index in [9.17, 15) is 0 Å². The van der Waals surface area contributed by atoms with Gasteiger partial charge in [0, 0.05) is 19.3 Å². The molecule has 0 saturated heterocycles. The van der Waals surface area contributed by atoms with Gasteiger partial charge in [0.25, 0.3) is 0 Å². The molecule has 5 heteroatoms. The topological polar surface area (TPSA) is 49.8 Å². The fraction of sp³-hybridized carbons (Fsp3) is 0.667. The van der Waals surface area contributed by atoms with Crippen LogP contribution >= 0.6 is 15.9 Å². The second-order valence-corrected chi connectivity index (χ2v) is 5.00. The van der Waals surface area contributed by atoms with E-state index < -0.39 is 0 Å². The van der Waals surface area contributed by atoms with Crippen LogP contribution in [0.25, 0.3) is 0 Å². The molecule has 2 N–H and O–H groups in total. The molecule has 0 aliphatic heterocycles. The van der Waals surface area contributed by atoms with E-state index in [2.05, 4.69) is 57.3 Å². The van der Waals surface area contributed by atoms with E-state index in [0.717, 1.165) is 10.3 Å². The molecule has 1 heterocycles. The van der Waals surface area contributed by atoms with Crippen LogP contribution in [-0.2, 0) is 0 Å². The summed E-state index contributed by atoms with van der Waals surface area (Å²) < 4.78 is 0.898. The fourth-order valence-electron chi connectivity index (χ4n) is 1.92. The minimum atomic E-state index is 0.404. The number of nitrogens with one attached hydrogen (secondary N) is 2. The molecule has 0 bridgehead atoms. The van der Waals surface area contributed by atoms with Crippen LogP contribution in [0.2, 0.25) is 0 Å². The molecule has 4 nitrogen and oxygen atoms in total. The first-order valence-corrected chi connectivity index (χ1v) is 6.88. The van der Waals surface area contributed by atoms with Crippen molar-refractivity contribution in [3.63, 3.8) is 0 Å². The zero-order valence-electron chi connectivity index (χ0n) is 10.9. The number of hydrogen-bond acceptors (Lipinski definition) is 4. The van der Waals surface area contributed by atoms with Crippen LogP contribution in [-0.4, -0.2) is 23.1 Å². The van der Waals surface area contributed by atoms with Crippen molar-refractivity contribution in [1.29, 1.82) is 0 Å². The van der Waals surface area contributed by atoms with Crippen molar-refractivity contribution >= 4 is 27.7 Å². The summed E-state index contributed by atoms with van der Waals surface area (Å²) in [5, 5.41) is 6.39. The number of rotatable bonds is 6. The zero-order valence-corrected chi connectivity index (χ0v) is 12.5. The van der Waals surface area contributed by atoms with Gasteiger partial charge in [-0.15, -0.1) is 0 Å². The minimum absolute atomic E-state index is 0.404. The molecule has 96 valence electrons. The van der Waals surface area contributed by atoms with Gasteiger partial charge in [0.2, 0.25) is 5.95 Å². The molecule has 1 unspecified atom stereocenters. The Morgan fingerprint density at radius 2 is 2.00 bits per heavy atom. The molecule has 0 fully saturated rings. The van der Waals surface area contributed by atoms with E-state index in [0.29, 0.717) is 17.9 Å². The highest BCUT2D eigenvalue weighted by Crippen LogP contribution is 2.23. The van der Waals surface area contributed by atoms with Gasteiger partial charge in [-0.1, -0.05) is 26.7 Å². The smallest absolute Gasteiger partial charge is 0.224 e. The summed E-state index contributed by atoms with van der Waals surface area (Å²) in [6.07, 6.45) is 4.11. The van der Waals surface area contributed by atoms with Gasteiger partial charge in [0.05, 0.1) is 4.47 Å². The third-order valence-electron chi connectivity index (χ3n) is 3.09. The van der Waals surface area contributed by atoms with E-state index in [1.165, 1.54) is 12.8 Å². The fourth-order valence-corrected chi connectivity index (χ4v) is 2.22. The molecule has 0 saturated carbocycles. The summed E-state index contributed by atoms with van der Waals surface area (Å²) in [5.41, 5.74) is 0. The standard InChI is InChI=1S/C12H21BrN4/c1-5-9(6-2)8(3)16-11-10(13)7-15-12(14-4)17-11/h7-9H,5-6H2,1-4H3,(H2,14,15,16,17). The molecule has 0 spiro atoms. The van der Waals surface area contributed by atoms with Gasteiger partial charge in [-0.05, 0) is 28.8 Å². The molecule has 1 rings (SSSR count). The van der Waals surface area contributed by atoms with Crippen molar-refractivity contribution in [3.8, 4) is 0 Å². The van der Waals surface area contributed by atoms with Gasteiger partial charge in [-0.3, -0.25) is 0 Å². The second kappa shape index (κ2) is 6.79. The number of halogens is 1. The average Bonchev–Trinajstić information content (AvgIpc) is 2.33. The van der Waals surface area contributed by atoms with Gasteiger partial charge in [0.1, 0.15) is 5.82 Å².